The summed E-state index contributed by atoms with van der Waals surface area (Å²) in [6.45, 7) is 0.260. The molecule has 0 saturated heterocycles. The van der Waals surface area contributed by atoms with Crippen LogP contribution in [0, 0.1) is 17.7 Å². The molecule has 3 aromatic rings. The Hall–Kier alpha value is -3.25. The van der Waals surface area contributed by atoms with Crippen molar-refractivity contribution in [2.24, 2.45) is 0 Å². The summed E-state index contributed by atoms with van der Waals surface area (Å²) in [6.07, 6.45) is 0. The lowest BCUT2D eigenvalue weighted by atomic mass is 10.2. The topological polar surface area (TPSA) is 18.5 Å². The van der Waals surface area contributed by atoms with E-state index < -0.39 is 0 Å². The molecule has 3 heteroatoms. The highest BCUT2D eigenvalue weighted by molar-refractivity contribution is 5.36. The maximum atomic E-state index is 12.8. The summed E-state index contributed by atoms with van der Waals surface area (Å²) in [5.41, 5.74) is 0.756. The van der Waals surface area contributed by atoms with Gasteiger partial charge >= 0.3 is 0 Å². The fourth-order valence-corrected chi connectivity index (χ4v) is 2.02. The Balaban J connectivity index is 1.52. The molecule has 24 heavy (non-hydrogen) atoms. The minimum absolute atomic E-state index is 0.260. The van der Waals surface area contributed by atoms with E-state index in [9.17, 15) is 4.39 Å². The van der Waals surface area contributed by atoms with Crippen molar-refractivity contribution < 1.29 is 13.9 Å². The van der Waals surface area contributed by atoms with Crippen LogP contribution in [0.2, 0.25) is 0 Å². The van der Waals surface area contributed by atoms with Crippen LogP contribution >= 0.6 is 0 Å². The number of halogens is 1. The normalized spacial score (nSPS) is 9.71. The molecule has 0 fully saturated rings. The predicted octanol–water partition coefficient (Wildman–Crippen LogP) is 5.05. The van der Waals surface area contributed by atoms with Crippen LogP contribution in [0.15, 0.2) is 78.9 Å². The molecular formula is C21H15FO2. The smallest absolute Gasteiger partial charge is 0.149 e. The standard InChI is InChI=1S/C21H15FO2/c22-18-10-8-17(9-11-18)5-4-16-23-19-12-14-21(15-13-19)24-20-6-2-1-3-7-20/h1-3,6-15H,16H2. The fourth-order valence-electron chi connectivity index (χ4n) is 2.02. The lowest BCUT2D eigenvalue weighted by Crippen LogP contribution is -1.94. The van der Waals surface area contributed by atoms with Crippen LogP contribution in [0.4, 0.5) is 4.39 Å². The molecule has 0 aliphatic carbocycles. The zero-order valence-electron chi connectivity index (χ0n) is 12.9. The monoisotopic (exact) mass is 318 g/mol. The van der Waals surface area contributed by atoms with Crippen LogP contribution in [0.1, 0.15) is 5.56 Å². The van der Waals surface area contributed by atoms with Crippen molar-refractivity contribution in [1.29, 1.82) is 0 Å². The molecule has 0 spiro atoms. The van der Waals surface area contributed by atoms with Crippen molar-refractivity contribution in [3.05, 3.63) is 90.2 Å². The highest BCUT2D eigenvalue weighted by Crippen LogP contribution is 2.23. The van der Waals surface area contributed by atoms with Gasteiger partial charge in [0.15, 0.2) is 0 Å². The molecule has 3 rings (SSSR count). The van der Waals surface area contributed by atoms with Crippen LogP contribution < -0.4 is 9.47 Å². The van der Waals surface area contributed by atoms with Crippen LogP contribution in [0.25, 0.3) is 0 Å². The number of benzene rings is 3. The van der Waals surface area contributed by atoms with E-state index in [0.29, 0.717) is 5.75 Å². The molecule has 0 bridgehead atoms. The molecule has 0 aromatic heterocycles. The second-order valence-corrected chi connectivity index (χ2v) is 4.98. The third kappa shape index (κ3) is 4.62. The molecule has 0 unspecified atom stereocenters. The molecule has 118 valence electrons. The van der Waals surface area contributed by atoms with Crippen LogP contribution in [0.3, 0.4) is 0 Å². The molecule has 2 nitrogen and oxygen atoms in total. The number of rotatable bonds is 4. The van der Waals surface area contributed by atoms with E-state index in [1.54, 1.807) is 12.1 Å². The lowest BCUT2D eigenvalue weighted by molar-refractivity contribution is 0.369. The van der Waals surface area contributed by atoms with Gasteiger partial charge in [-0.25, -0.2) is 4.39 Å². The average Bonchev–Trinajstić information content (AvgIpc) is 2.62. The highest BCUT2D eigenvalue weighted by Gasteiger charge is 1.97. The van der Waals surface area contributed by atoms with Crippen LogP contribution in [-0.2, 0) is 0 Å². The minimum Gasteiger partial charge on any atom is -0.481 e. The second kappa shape index (κ2) is 7.85. The fraction of sp³-hybridized carbons (Fsp3) is 0.0476. The first-order valence-corrected chi connectivity index (χ1v) is 7.50. The van der Waals surface area contributed by atoms with E-state index in [4.69, 9.17) is 9.47 Å². The van der Waals surface area contributed by atoms with Gasteiger partial charge in [-0.1, -0.05) is 30.0 Å². The van der Waals surface area contributed by atoms with Gasteiger partial charge in [-0.3, -0.25) is 0 Å². The Kier molecular flexibility index (Phi) is 5.11. The summed E-state index contributed by atoms with van der Waals surface area (Å²) >= 11 is 0. The first-order valence-electron chi connectivity index (χ1n) is 7.50. The third-order valence-corrected chi connectivity index (χ3v) is 3.19. The zero-order valence-corrected chi connectivity index (χ0v) is 12.9. The van der Waals surface area contributed by atoms with E-state index in [2.05, 4.69) is 11.8 Å². The Morgan fingerprint density at radius 1 is 0.708 bits per heavy atom. The Morgan fingerprint density at radius 3 is 2.04 bits per heavy atom. The lowest BCUT2D eigenvalue weighted by Gasteiger charge is -2.06. The zero-order chi connectivity index (χ0) is 16.6. The maximum Gasteiger partial charge on any atom is 0.149 e. The molecule has 0 aliphatic rings. The van der Waals surface area contributed by atoms with Gasteiger partial charge < -0.3 is 9.47 Å². The summed E-state index contributed by atoms with van der Waals surface area (Å²) in [5, 5.41) is 0. The van der Waals surface area contributed by atoms with E-state index in [-0.39, 0.29) is 12.4 Å². The van der Waals surface area contributed by atoms with Crippen molar-refractivity contribution >= 4 is 0 Å². The Morgan fingerprint density at radius 2 is 1.33 bits per heavy atom. The Labute approximate surface area is 140 Å². The first kappa shape index (κ1) is 15.6. The Bertz CT molecular complexity index is 829. The summed E-state index contributed by atoms with van der Waals surface area (Å²) in [7, 11) is 0. The highest BCUT2D eigenvalue weighted by atomic mass is 19.1. The van der Waals surface area contributed by atoms with Crippen LogP contribution in [-0.4, -0.2) is 6.61 Å². The van der Waals surface area contributed by atoms with Crippen molar-refractivity contribution in [2.45, 2.75) is 0 Å². The molecule has 0 aliphatic heterocycles. The third-order valence-electron chi connectivity index (χ3n) is 3.19. The average molecular weight is 318 g/mol. The molecule has 0 amide bonds. The van der Waals surface area contributed by atoms with Crippen molar-refractivity contribution in [1.82, 2.24) is 0 Å². The second-order valence-electron chi connectivity index (χ2n) is 4.98. The summed E-state index contributed by atoms with van der Waals surface area (Å²) in [4.78, 5) is 0. The van der Waals surface area contributed by atoms with Gasteiger partial charge in [0.1, 0.15) is 29.7 Å². The van der Waals surface area contributed by atoms with E-state index in [1.807, 2.05) is 54.6 Å². The largest absolute Gasteiger partial charge is 0.481 e. The van der Waals surface area contributed by atoms with Crippen LogP contribution in [0.5, 0.6) is 17.2 Å². The molecule has 3 aromatic carbocycles. The summed E-state index contributed by atoms with van der Waals surface area (Å²) < 4.78 is 24.0. The number of hydrogen-bond acceptors (Lipinski definition) is 2. The maximum absolute atomic E-state index is 12.8. The minimum atomic E-state index is -0.269. The number of ether oxygens (including phenoxy) is 2. The van der Waals surface area contributed by atoms with E-state index in [1.165, 1.54) is 12.1 Å². The summed E-state index contributed by atoms with van der Waals surface area (Å²) in [6, 6.07) is 23.0. The predicted molar refractivity (Wildman–Crippen MR) is 91.7 cm³/mol. The first-order chi connectivity index (χ1) is 11.8. The van der Waals surface area contributed by atoms with Gasteiger partial charge in [-0.2, -0.15) is 0 Å². The van der Waals surface area contributed by atoms with E-state index in [0.717, 1.165) is 17.1 Å². The van der Waals surface area contributed by atoms with Gasteiger partial charge in [0, 0.05) is 5.56 Å². The quantitative estimate of drug-likeness (QED) is 0.627. The summed E-state index contributed by atoms with van der Waals surface area (Å²) in [5.74, 6) is 7.79. The molecule has 0 saturated carbocycles. The molecule has 0 radical (unpaired) electrons. The number of para-hydroxylation sites is 1. The molecular weight excluding hydrogens is 303 g/mol. The number of hydrogen-bond donors (Lipinski definition) is 0. The van der Waals surface area contributed by atoms with Gasteiger partial charge in [0.2, 0.25) is 0 Å². The van der Waals surface area contributed by atoms with Crippen molar-refractivity contribution in [3.8, 4) is 29.1 Å². The SMILES string of the molecule is Fc1ccc(C#CCOc2ccc(Oc3ccccc3)cc2)cc1. The van der Waals surface area contributed by atoms with Gasteiger partial charge in [0.25, 0.3) is 0 Å². The molecule has 0 atom stereocenters. The molecule has 0 N–H and O–H groups in total. The van der Waals surface area contributed by atoms with E-state index >= 15 is 0 Å². The van der Waals surface area contributed by atoms with Gasteiger partial charge in [-0.05, 0) is 60.7 Å². The van der Waals surface area contributed by atoms with Crippen molar-refractivity contribution in [2.75, 3.05) is 6.61 Å². The van der Waals surface area contributed by atoms with Crippen molar-refractivity contribution in [3.63, 3.8) is 0 Å². The van der Waals surface area contributed by atoms with Gasteiger partial charge in [-0.15, -0.1) is 0 Å². The van der Waals surface area contributed by atoms with Gasteiger partial charge in [0.05, 0.1) is 0 Å². The molecule has 0 heterocycles.